The Morgan fingerprint density at radius 3 is 2.18 bits per heavy atom. The maximum Gasteiger partial charge on any atom is 0.149 e. The van der Waals surface area contributed by atoms with Crippen LogP contribution in [0.2, 0.25) is 0 Å². The molecule has 0 atom stereocenters. The molecular formula is C51H46FN3O2. The van der Waals surface area contributed by atoms with Gasteiger partial charge in [0, 0.05) is 27.6 Å². The van der Waals surface area contributed by atoms with Crippen LogP contribution in [0.5, 0.6) is 17.2 Å². The maximum absolute atomic E-state index is 15.1. The number of phenols is 1. The number of nitrogens with zero attached hydrogens (tertiary/aromatic N) is 3. The second kappa shape index (κ2) is 12.9. The molecule has 3 heterocycles. The molecule has 284 valence electrons. The van der Waals surface area contributed by atoms with Crippen LogP contribution in [-0.4, -0.2) is 19.6 Å². The van der Waals surface area contributed by atoms with Crippen LogP contribution in [0, 0.1) is 26.6 Å². The van der Waals surface area contributed by atoms with E-state index in [2.05, 4.69) is 144 Å². The number of halogens is 1. The van der Waals surface area contributed by atoms with Gasteiger partial charge in [0.2, 0.25) is 0 Å². The van der Waals surface area contributed by atoms with Crippen molar-refractivity contribution in [1.29, 1.82) is 0 Å². The Kier molecular flexibility index (Phi) is 8.22. The van der Waals surface area contributed by atoms with Gasteiger partial charge in [-0.15, -0.1) is 0 Å². The average molecular weight is 752 g/mol. The minimum atomic E-state index is -0.381. The Balaban J connectivity index is 1.39. The van der Waals surface area contributed by atoms with Crippen molar-refractivity contribution in [2.24, 2.45) is 0 Å². The van der Waals surface area contributed by atoms with Crippen LogP contribution < -0.4 is 4.74 Å². The van der Waals surface area contributed by atoms with E-state index in [1.165, 1.54) is 6.20 Å². The Labute approximate surface area is 333 Å². The first kappa shape index (κ1) is 36.4. The Bertz CT molecular complexity index is 2950. The van der Waals surface area contributed by atoms with Crippen molar-refractivity contribution in [3.8, 4) is 67.8 Å². The van der Waals surface area contributed by atoms with E-state index in [1.54, 1.807) is 6.07 Å². The van der Waals surface area contributed by atoms with Crippen LogP contribution in [0.1, 0.15) is 69.4 Å². The number of aromatic nitrogens is 3. The molecule has 57 heavy (non-hydrogen) atoms. The summed E-state index contributed by atoms with van der Waals surface area (Å²) in [4.78, 5) is 10.2. The van der Waals surface area contributed by atoms with Crippen molar-refractivity contribution < 1.29 is 14.2 Å². The molecule has 0 unspecified atom stereocenters. The first-order valence-electron chi connectivity index (χ1n) is 19.6. The van der Waals surface area contributed by atoms with Crippen LogP contribution in [0.25, 0.3) is 72.4 Å². The zero-order chi connectivity index (χ0) is 40.1. The number of rotatable bonds is 4. The summed E-state index contributed by atoms with van der Waals surface area (Å²) in [5.74, 6) is 1.81. The third-order valence-corrected chi connectivity index (χ3v) is 11.3. The largest absolute Gasteiger partial charge is 0.507 e. The number of hydrogen-bond donors (Lipinski definition) is 1. The van der Waals surface area contributed by atoms with Crippen molar-refractivity contribution in [2.45, 2.75) is 73.1 Å². The first-order chi connectivity index (χ1) is 27.1. The van der Waals surface area contributed by atoms with Gasteiger partial charge in [-0.3, -0.25) is 9.55 Å². The fraction of sp³-hybridized carbons (Fsp3) is 0.216. The molecule has 0 radical (unpaired) electrons. The highest BCUT2D eigenvalue weighted by molar-refractivity contribution is 6.04. The van der Waals surface area contributed by atoms with E-state index in [1.807, 2.05) is 25.1 Å². The number of imidazole rings is 1. The lowest BCUT2D eigenvalue weighted by Gasteiger charge is -2.28. The van der Waals surface area contributed by atoms with E-state index >= 15 is 4.39 Å². The molecule has 0 saturated heterocycles. The van der Waals surface area contributed by atoms with Crippen molar-refractivity contribution in [3.63, 3.8) is 0 Å². The van der Waals surface area contributed by atoms with Gasteiger partial charge < -0.3 is 9.84 Å². The van der Waals surface area contributed by atoms with Gasteiger partial charge in [0.05, 0.1) is 39.6 Å². The summed E-state index contributed by atoms with van der Waals surface area (Å²) in [6.45, 7) is 19.4. The van der Waals surface area contributed by atoms with Gasteiger partial charge in [-0.2, -0.15) is 0 Å². The molecule has 1 N–H and O–H groups in total. The summed E-state index contributed by atoms with van der Waals surface area (Å²) in [5, 5.41) is 13.5. The van der Waals surface area contributed by atoms with Crippen LogP contribution in [0.3, 0.4) is 0 Å². The normalized spacial score (nSPS) is 12.6. The summed E-state index contributed by atoms with van der Waals surface area (Å²) < 4.78 is 23.8. The quantitative estimate of drug-likeness (QED) is 0.195. The Hall–Kier alpha value is -6.27. The fourth-order valence-corrected chi connectivity index (χ4v) is 8.51. The van der Waals surface area contributed by atoms with Gasteiger partial charge in [-0.05, 0) is 95.8 Å². The molecule has 9 rings (SSSR count). The predicted octanol–water partition coefficient (Wildman–Crippen LogP) is 13.7. The summed E-state index contributed by atoms with van der Waals surface area (Å²) >= 11 is 0. The number of aryl methyl sites for hydroxylation is 3. The standard InChI is InChI=1S/C51H46FN3O2/c1-28-21-29(2)46(36(22-28)31-15-11-10-12-16-31)55-41-19-13-17-34(44(41)54-49(55)38-25-33(50(4,5)6)26-39(47(38)56)51(7,8)9)32-23-30(3)48-37(24-32)45-43-35(40(52)27-53-45)18-14-20-42(43)57-48/h10-27,56H,1-9H3. The molecule has 0 saturated carbocycles. The average Bonchev–Trinajstić information content (AvgIpc) is 3.54. The number of aromatic hydroxyl groups is 1. The van der Waals surface area contributed by atoms with Gasteiger partial charge in [-0.25, -0.2) is 9.37 Å². The van der Waals surface area contributed by atoms with E-state index in [9.17, 15) is 5.11 Å². The van der Waals surface area contributed by atoms with Crippen molar-refractivity contribution in [1.82, 2.24) is 14.5 Å². The number of para-hydroxylation sites is 1. The Morgan fingerprint density at radius 1 is 0.684 bits per heavy atom. The number of phenolic OH excluding ortho intramolecular Hbond substituents is 1. The Morgan fingerprint density at radius 2 is 1.44 bits per heavy atom. The van der Waals surface area contributed by atoms with Gasteiger partial charge in [0.15, 0.2) is 0 Å². The smallest absolute Gasteiger partial charge is 0.149 e. The third kappa shape index (κ3) is 5.89. The van der Waals surface area contributed by atoms with Crippen LogP contribution in [0.15, 0.2) is 109 Å². The highest BCUT2D eigenvalue weighted by atomic mass is 19.1. The van der Waals surface area contributed by atoms with E-state index in [0.717, 1.165) is 72.4 Å². The molecular weight excluding hydrogens is 706 g/mol. The molecule has 0 aliphatic carbocycles. The highest BCUT2D eigenvalue weighted by Crippen LogP contribution is 2.50. The number of pyridine rings is 1. The van der Waals surface area contributed by atoms with E-state index in [-0.39, 0.29) is 22.4 Å². The predicted molar refractivity (Wildman–Crippen MR) is 231 cm³/mol. The van der Waals surface area contributed by atoms with Gasteiger partial charge in [-0.1, -0.05) is 114 Å². The van der Waals surface area contributed by atoms with Crippen molar-refractivity contribution in [3.05, 3.63) is 143 Å². The monoisotopic (exact) mass is 751 g/mol. The zero-order valence-corrected chi connectivity index (χ0v) is 34.0. The van der Waals surface area contributed by atoms with Gasteiger partial charge >= 0.3 is 0 Å². The number of fused-ring (bicyclic) bond motifs is 3. The molecule has 2 aromatic heterocycles. The number of benzene rings is 6. The molecule has 6 heteroatoms. The van der Waals surface area contributed by atoms with Crippen LogP contribution in [0.4, 0.5) is 4.39 Å². The van der Waals surface area contributed by atoms with E-state index in [4.69, 9.17) is 9.72 Å². The SMILES string of the molecule is Cc1cc(C)c(-n2c(-c3cc(C(C)(C)C)cc(C(C)(C)C)c3O)nc3c(-c4cc(C)c5c(c4)-c4ncc(F)c6cccc(c46)O5)cccc32)c(-c2ccccc2)c1. The van der Waals surface area contributed by atoms with Crippen LogP contribution in [-0.2, 0) is 10.8 Å². The maximum atomic E-state index is 15.1. The van der Waals surface area contributed by atoms with Crippen molar-refractivity contribution >= 4 is 21.8 Å². The minimum absolute atomic E-state index is 0.194. The minimum Gasteiger partial charge on any atom is -0.507 e. The van der Waals surface area contributed by atoms with E-state index in [0.29, 0.717) is 39.4 Å². The summed E-state index contributed by atoms with van der Waals surface area (Å²) in [7, 11) is 0. The van der Waals surface area contributed by atoms with Gasteiger partial charge in [0.25, 0.3) is 0 Å². The summed E-state index contributed by atoms with van der Waals surface area (Å²) in [5.41, 5.74) is 13.5. The molecule has 8 aromatic rings. The third-order valence-electron chi connectivity index (χ3n) is 11.3. The van der Waals surface area contributed by atoms with Gasteiger partial charge in [0.1, 0.15) is 28.9 Å². The molecule has 0 spiro atoms. The molecule has 5 nitrogen and oxygen atoms in total. The molecule has 0 bridgehead atoms. The highest BCUT2D eigenvalue weighted by Gasteiger charge is 2.31. The second-order valence-electron chi connectivity index (χ2n) is 17.6. The topological polar surface area (TPSA) is 60.2 Å². The lowest BCUT2D eigenvalue weighted by Crippen LogP contribution is -2.17. The lowest BCUT2D eigenvalue weighted by molar-refractivity contribution is 0.446. The molecule has 6 aromatic carbocycles. The zero-order valence-electron chi connectivity index (χ0n) is 34.0. The van der Waals surface area contributed by atoms with E-state index < -0.39 is 0 Å². The van der Waals surface area contributed by atoms with Crippen molar-refractivity contribution in [2.75, 3.05) is 0 Å². The number of hydrogen-bond acceptors (Lipinski definition) is 4. The van der Waals surface area contributed by atoms with Crippen LogP contribution >= 0.6 is 0 Å². The second-order valence-corrected chi connectivity index (χ2v) is 17.6. The summed E-state index contributed by atoms with van der Waals surface area (Å²) in [6.07, 6.45) is 1.30. The molecule has 1 aliphatic heterocycles. The molecule has 1 aliphatic rings. The first-order valence-corrected chi connectivity index (χ1v) is 19.6. The fourth-order valence-electron chi connectivity index (χ4n) is 8.51. The molecule has 0 fully saturated rings. The lowest BCUT2D eigenvalue weighted by atomic mass is 9.79. The summed E-state index contributed by atoms with van der Waals surface area (Å²) in [6, 6.07) is 35.2. The number of ether oxygens (including phenoxy) is 1. The molecule has 0 amide bonds.